The lowest BCUT2D eigenvalue weighted by molar-refractivity contribution is 0.0509. The first-order valence-corrected chi connectivity index (χ1v) is 6.60. The number of carbonyl (C=O) groups is 1. The number of ether oxygens (including phenoxy) is 1. The highest BCUT2D eigenvalue weighted by Gasteiger charge is 2.10. The molecule has 0 bridgehead atoms. The first kappa shape index (κ1) is 12.6. The second kappa shape index (κ2) is 5.69. The van der Waals surface area contributed by atoms with Crippen molar-refractivity contribution in [2.45, 2.75) is 13.3 Å². The molecule has 18 heavy (non-hydrogen) atoms. The van der Waals surface area contributed by atoms with E-state index in [-0.39, 0.29) is 5.97 Å². The quantitative estimate of drug-likeness (QED) is 0.680. The first-order valence-electron chi connectivity index (χ1n) is 5.72. The number of nitrogen functional groups attached to an aromatic ring is 1. The fourth-order valence-electron chi connectivity index (χ4n) is 1.64. The van der Waals surface area contributed by atoms with Crippen molar-refractivity contribution in [3.8, 4) is 0 Å². The van der Waals surface area contributed by atoms with Gasteiger partial charge in [-0.25, -0.2) is 4.79 Å². The molecule has 0 aliphatic heterocycles. The highest BCUT2D eigenvalue weighted by Crippen LogP contribution is 2.14. The number of aryl methyl sites for hydroxylation is 1. The van der Waals surface area contributed by atoms with Gasteiger partial charge in [0.05, 0.1) is 12.2 Å². The van der Waals surface area contributed by atoms with Gasteiger partial charge in [0.1, 0.15) is 0 Å². The third-order valence-corrected chi connectivity index (χ3v) is 3.58. The largest absolute Gasteiger partial charge is 0.462 e. The fraction of sp³-hybridized carbons (Fsp3) is 0.214. The van der Waals surface area contributed by atoms with E-state index in [0.717, 1.165) is 12.0 Å². The Morgan fingerprint density at radius 3 is 2.94 bits per heavy atom. The lowest BCUT2D eigenvalue weighted by atomic mass is 10.1. The van der Waals surface area contributed by atoms with Crippen LogP contribution in [0.15, 0.2) is 35.7 Å². The maximum atomic E-state index is 11.9. The van der Waals surface area contributed by atoms with Crippen LogP contribution in [0.25, 0.3) is 0 Å². The third kappa shape index (κ3) is 3.11. The predicted molar refractivity (Wildman–Crippen MR) is 73.9 cm³/mol. The van der Waals surface area contributed by atoms with Gasteiger partial charge in [-0.1, -0.05) is 12.1 Å². The summed E-state index contributed by atoms with van der Waals surface area (Å²) >= 11 is 1.66. The van der Waals surface area contributed by atoms with E-state index in [9.17, 15) is 4.79 Å². The van der Waals surface area contributed by atoms with Crippen LogP contribution in [0, 0.1) is 6.92 Å². The smallest absolute Gasteiger partial charge is 0.338 e. The normalized spacial score (nSPS) is 10.3. The molecule has 0 fully saturated rings. The third-order valence-electron chi connectivity index (χ3n) is 2.64. The zero-order valence-electron chi connectivity index (χ0n) is 10.2. The molecule has 2 N–H and O–H groups in total. The van der Waals surface area contributed by atoms with Gasteiger partial charge in [-0.2, -0.15) is 0 Å². The molecule has 0 saturated carbocycles. The van der Waals surface area contributed by atoms with Crippen molar-refractivity contribution in [3.05, 3.63) is 51.7 Å². The Hall–Kier alpha value is -1.81. The number of nitrogens with two attached hydrogens (primary N) is 1. The minimum atomic E-state index is -0.309. The van der Waals surface area contributed by atoms with E-state index < -0.39 is 0 Å². The summed E-state index contributed by atoms with van der Waals surface area (Å²) in [5.74, 6) is -0.309. The van der Waals surface area contributed by atoms with Gasteiger partial charge in [0.15, 0.2) is 0 Å². The van der Waals surface area contributed by atoms with Crippen LogP contribution in [-0.2, 0) is 11.2 Å². The van der Waals surface area contributed by atoms with Crippen LogP contribution in [0.5, 0.6) is 0 Å². The molecule has 1 heterocycles. The van der Waals surface area contributed by atoms with Gasteiger partial charge in [-0.05, 0) is 36.1 Å². The topological polar surface area (TPSA) is 52.3 Å². The zero-order valence-corrected chi connectivity index (χ0v) is 11.0. The van der Waals surface area contributed by atoms with Crippen molar-refractivity contribution in [1.29, 1.82) is 0 Å². The van der Waals surface area contributed by atoms with E-state index >= 15 is 0 Å². The van der Waals surface area contributed by atoms with Crippen LogP contribution in [0.4, 0.5) is 5.69 Å². The van der Waals surface area contributed by atoms with Crippen molar-refractivity contribution >= 4 is 23.0 Å². The number of hydrogen-bond acceptors (Lipinski definition) is 4. The summed E-state index contributed by atoms with van der Waals surface area (Å²) in [7, 11) is 0. The molecule has 4 heteroatoms. The molecule has 0 radical (unpaired) electrons. The van der Waals surface area contributed by atoms with Gasteiger partial charge in [0, 0.05) is 17.0 Å². The number of esters is 1. The minimum absolute atomic E-state index is 0.309. The Morgan fingerprint density at radius 2 is 2.22 bits per heavy atom. The molecule has 0 amide bonds. The van der Waals surface area contributed by atoms with E-state index in [0.29, 0.717) is 17.9 Å². The molecule has 2 rings (SSSR count). The van der Waals surface area contributed by atoms with Crippen LogP contribution in [0.2, 0.25) is 0 Å². The monoisotopic (exact) mass is 261 g/mol. The molecule has 3 nitrogen and oxygen atoms in total. The van der Waals surface area contributed by atoms with Crippen LogP contribution in [0.3, 0.4) is 0 Å². The highest BCUT2D eigenvalue weighted by atomic mass is 32.1. The number of hydrogen-bond donors (Lipinski definition) is 1. The molecule has 1 aromatic carbocycles. The molecule has 0 atom stereocenters. The second-order valence-corrected chi connectivity index (χ2v) is 5.07. The fourth-order valence-corrected chi connectivity index (χ4v) is 2.33. The van der Waals surface area contributed by atoms with Gasteiger partial charge in [-0.15, -0.1) is 11.3 Å². The molecule has 0 unspecified atom stereocenters. The number of thiophene rings is 1. The van der Waals surface area contributed by atoms with Crippen molar-refractivity contribution in [2.75, 3.05) is 12.3 Å². The summed E-state index contributed by atoms with van der Waals surface area (Å²) in [4.78, 5) is 13.1. The lowest BCUT2D eigenvalue weighted by Crippen LogP contribution is -2.09. The molecule has 0 aliphatic rings. The molecule has 0 spiro atoms. The SMILES string of the molecule is Cc1ccc(N)cc1C(=O)OCCc1cccs1. The zero-order chi connectivity index (χ0) is 13.0. The van der Waals surface area contributed by atoms with Crippen LogP contribution in [0.1, 0.15) is 20.8 Å². The average Bonchev–Trinajstić information content (AvgIpc) is 2.85. The van der Waals surface area contributed by atoms with Crippen molar-refractivity contribution in [2.24, 2.45) is 0 Å². The summed E-state index contributed by atoms with van der Waals surface area (Å²) in [6.07, 6.45) is 0.755. The molecule has 94 valence electrons. The number of rotatable bonds is 4. The summed E-state index contributed by atoms with van der Waals surface area (Å²) < 4.78 is 5.25. The first-order chi connectivity index (χ1) is 8.66. The minimum Gasteiger partial charge on any atom is -0.462 e. The average molecular weight is 261 g/mol. The summed E-state index contributed by atoms with van der Waals surface area (Å²) in [6, 6.07) is 9.28. The van der Waals surface area contributed by atoms with E-state index in [1.165, 1.54) is 4.88 Å². The Bertz CT molecular complexity index is 535. The van der Waals surface area contributed by atoms with Crippen LogP contribution in [-0.4, -0.2) is 12.6 Å². The molecule has 0 aliphatic carbocycles. The standard InChI is InChI=1S/C14H15NO2S/c1-10-4-5-11(15)9-13(10)14(16)17-7-6-12-3-2-8-18-12/h2-5,8-9H,6-7,15H2,1H3. The van der Waals surface area contributed by atoms with Crippen molar-refractivity contribution in [1.82, 2.24) is 0 Å². The van der Waals surface area contributed by atoms with Crippen LogP contribution >= 0.6 is 11.3 Å². The molecular formula is C14H15NO2S. The van der Waals surface area contributed by atoms with Gasteiger partial charge in [0.25, 0.3) is 0 Å². The Morgan fingerprint density at radius 1 is 1.39 bits per heavy atom. The molecule has 1 aromatic heterocycles. The van der Waals surface area contributed by atoms with Crippen molar-refractivity contribution < 1.29 is 9.53 Å². The molecular weight excluding hydrogens is 246 g/mol. The Labute approximate surface area is 110 Å². The second-order valence-electron chi connectivity index (χ2n) is 4.04. The summed E-state index contributed by atoms with van der Waals surface area (Å²) in [5.41, 5.74) is 7.66. The number of anilines is 1. The highest BCUT2D eigenvalue weighted by molar-refractivity contribution is 7.09. The summed E-state index contributed by atoms with van der Waals surface area (Å²) in [6.45, 7) is 2.27. The Kier molecular flexibility index (Phi) is 3.99. The molecule has 0 saturated heterocycles. The van der Waals surface area contributed by atoms with Gasteiger partial charge in [-0.3, -0.25) is 0 Å². The van der Waals surface area contributed by atoms with E-state index in [1.54, 1.807) is 23.5 Å². The van der Waals surface area contributed by atoms with Gasteiger partial charge >= 0.3 is 5.97 Å². The van der Waals surface area contributed by atoms with Crippen LogP contribution < -0.4 is 5.73 Å². The number of benzene rings is 1. The van der Waals surface area contributed by atoms with Crippen molar-refractivity contribution in [3.63, 3.8) is 0 Å². The van der Waals surface area contributed by atoms with E-state index in [4.69, 9.17) is 10.5 Å². The lowest BCUT2D eigenvalue weighted by Gasteiger charge is -2.07. The number of carbonyl (C=O) groups excluding carboxylic acids is 1. The van der Waals surface area contributed by atoms with E-state index in [2.05, 4.69) is 0 Å². The van der Waals surface area contributed by atoms with E-state index in [1.807, 2.05) is 30.5 Å². The molecule has 2 aromatic rings. The maximum absolute atomic E-state index is 11.9. The maximum Gasteiger partial charge on any atom is 0.338 e. The Balaban J connectivity index is 1.93. The predicted octanol–water partition coefficient (Wildman–Crippen LogP) is 3.04. The van der Waals surface area contributed by atoms with Gasteiger partial charge in [0.2, 0.25) is 0 Å². The summed E-state index contributed by atoms with van der Waals surface area (Å²) in [5, 5.41) is 2.01. The van der Waals surface area contributed by atoms with Gasteiger partial charge < -0.3 is 10.5 Å².